The monoisotopic (exact) mass is 418 g/mol. The summed E-state index contributed by atoms with van der Waals surface area (Å²) in [6, 6.07) is 7.90. The summed E-state index contributed by atoms with van der Waals surface area (Å²) in [5.41, 5.74) is 0.809. The van der Waals surface area contributed by atoms with Gasteiger partial charge in [-0.2, -0.15) is 5.10 Å². The smallest absolute Gasteiger partial charge is 0.256 e. The molecule has 0 atom stereocenters. The number of hydrogen-bond donors (Lipinski definition) is 2. The van der Waals surface area contributed by atoms with E-state index in [1.54, 1.807) is 0 Å². The van der Waals surface area contributed by atoms with Crippen LogP contribution in [-0.4, -0.2) is 30.1 Å². The van der Waals surface area contributed by atoms with E-state index in [9.17, 15) is 13.2 Å². The van der Waals surface area contributed by atoms with E-state index < -0.39 is 10.0 Å². The van der Waals surface area contributed by atoms with Gasteiger partial charge in [0, 0.05) is 23.1 Å². The summed E-state index contributed by atoms with van der Waals surface area (Å²) in [7, 11) is -3.53. The Morgan fingerprint density at radius 1 is 1.07 bits per heavy atom. The minimum absolute atomic E-state index is 0.0395. The molecule has 3 rings (SSSR count). The van der Waals surface area contributed by atoms with Crippen LogP contribution in [0.5, 0.6) is 0 Å². The van der Waals surface area contributed by atoms with Crippen LogP contribution in [0.1, 0.15) is 70.4 Å². The highest BCUT2D eigenvalue weighted by atomic mass is 32.2. The van der Waals surface area contributed by atoms with Gasteiger partial charge in [0.05, 0.1) is 16.1 Å². The van der Waals surface area contributed by atoms with Crippen molar-refractivity contribution in [1.82, 2.24) is 14.5 Å². The molecule has 0 unspecified atom stereocenters. The molecule has 2 aromatic rings. The number of nitrogens with zero attached hydrogens (tertiary/aromatic N) is 2. The zero-order valence-corrected chi connectivity index (χ0v) is 18.7. The molecule has 1 amide bonds. The summed E-state index contributed by atoms with van der Waals surface area (Å²) in [5.74, 6) is 0.300. The Hall–Kier alpha value is -2.19. The van der Waals surface area contributed by atoms with E-state index >= 15 is 0 Å². The number of sulfonamides is 1. The third kappa shape index (κ3) is 5.05. The molecule has 1 aliphatic carbocycles. The first-order valence-electron chi connectivity index (χ1n) is 9.82. The quantitative estimate of drug-likeness (QED) is 0.775. The summed E-state index contributed by atoms with van der Waals surface area (Å²) in [4.78, 5) is 12.9. The molecule has 29 heavy (non-hydrogen) atoms. The Labute approximate surface area is 172 Å². The average molecular weight is 419 g/mol. The van der Waals surface area contributed by atoms with Crippen LogP contribution in [0.3, 0.4) is 0 Å². The SMILES string of the molecule is CC(C)(C)c1cc(NC(=O)c2ccc(S(=O)(=O)NC3CC3)cc2)n(C(C)(C)C)n1. The lowest BCUT2D eigenvalue weighted by Gasteiger charge is -2.23. The Morgan fingerprint density at radius 3 is 2.14 bits per heavy atom. The largest absolute Gasteiger partial charge is 0.307 e. The molecule has 1 aromatic heterocycles. The third-order valence-corrected chi connectivity index (χ3v) is 6.22. The fraction of sp³-hybridized carbons (Fsp3) is 0.524. The Kier molecular flexibility index (Phi) is 5.38. The molecule has 0 spiro atoms. The summed E-state index contributed by atoms with van der Waals surface area (Å²) in [6.07, 6.45) is 1.75. The van der Waals surface area contributed by atoms with Crippen LogP contribution < -0.4 is 10.0 Å². The van der Waals surface area contributed by atoms with Gasteiger partial charge in [0.1, 0.15) is 5.82 Å². The number of amides is 1. The number of carbonyl (C=O) groups excluding carboxylic acids is 1. The molecular formula is C21H30N4O3S. The number of hydrogen-bond acceptors (Lipinski definition) is 4. The van der Waals surface area contributed by atoms with Crippen LogP contribution in [0.4, 0.5) is 5.82 Å². The molecule has 1 fully saturated rings. The molecule has 7 nitrogen and oxygen atoms in total. The number of rotatable bonds is 5. The van der Waals surface area contributed by atoms with Crippen molar-refractivity contribution in [1.29, 1.82) is 0 Å². The Balaban J connectivity index is 1.82. The van der Waals surface area contributed by atoms with Crippen LogP contribution in [0.25, 0.3) is 0 Å². The molecule has 1 saturated carbocycles. The molecule has 1 heterocycles. The zero-order valence-electron chi connectivity index (χ0n) is 17.9. The number of aromatic nitrogens is 2. The maximum Gasteiger partial charge on any atom is 0.256 e. The van der Waals surface area contributed by atoms with Crippen molar-refractivity contribution in [3.8, 4) is 0 Å². The first-order valence-corrected chi connectivity index (χ1v) is 11.3. The van der Waals surface area contributed by atoms with Gasteiger partial charge in [-0.05, 0) is 57.9 Å². The molecule has 1 aromatic carbocycles. The van der Waals surface area contributed by atoms with Gasteiger partial charge < -0.3 is 5.32 Å². The maximum atomic E-state index is 12.8. The molecule has 158 valence electrons. The number of nitrogens with one attached hydrogen (secondary N) is 2. The molecule has 0 bridgehead atoms. The van der Waals surface area contributed by atoms with Crippen molar-refractivity contribution < 1.29 is 13.2 Å². The van der Waals surface area contributed by atoms with E-state index in [1.807, 2.05) is 31.5 Å². The summed E-state index contributed by atoms with van der Waals surface area (Å²) in [6.45, 7) is 12.3. The van der Waals surface area contributed by atoms with Crippen LogP contribution in [0.2, 0.25) is 0 Å². The fourth-order valence-corrected chi connectivity index (χ4v) is 4.12. The van der Waals surface area contributed by atoms with E-state index in [2.05, 4.69) is 30.8 Å². The predicted molar refractivity (Wildman–Crippen MR) is 114 cm³/mol. The first-order chi connectivity index (χ1) is 13.3. The number of benzene rings is 1. The van der Waals surface area contributed by atoms with Gasteiger partial charge in [-0.25, -0.2) is 17.8 Å². The highest BCUT2D eigenvalue weighted by Crippen LogP contribution is 2.28. The number of carbonyl (C=O) groups is 1. The van der Waals surface area contributed by atoms with Crippen LogP contribution in [0.15, 0.2) is 35.2 Å². The normalized spacial score (nSPS) is 15.4. The minimum Gasteiger partial charge on any atom is -0.307 e. The van der Waals surface area contributed by atoms with Crippen molar-refractivity contribution >= 4 is 21.7 Å². The lowest BCUT2D eigenvalue weighted by molar-refractivity contribution is 0.102. The molecule has 2 N–H and O–H groups in total. The highest BCUT2D eigenvalue weighted by molar-refractivity contribution is 7.89. The summed E-state index contributed by atoms with van der Waals surface area (Å²) >= 11 is 0. The van der Waals surface area contributed by atoms with E-state index in [0.717, 1.165) is 18.5 Å². The molecule has 1 aliphatic rings. The average Bonchev–Trinajstić information content (AvgIpc) is 3.27. The van der Waals surface area contributed by atoms with Crippen molar-refractivity contribution in [2.24, 2.45) is 0 Å². The third-order valence-electron chi connectivity index (χ3n) is 4.68. The van der Waals surface area contributed by atoms with Crippen molar-refractivity contribution in [2.45, 2.75) is 76.3 Å². The zero-order chi connectivity index (χ0) is 21.6. The Bertz CT molecular complexity index is 1010. The van der Waals surface area contributed by atoms with Crippen molar-refractivity contribution in [3.05, 3.63) is 41.6 Å². The van der Waals surface area contributed by atoms with E-state index in [0.29, 0.717) is 11.4 Å². The summed E-state index contributed by atoms with van der Waals surface area (Å²) < 4.78 is 29.0. The number of anilines is 1. The van der Waals surface area contributed by atoms with Crippen LogP contribution >= 0.6 is 0 Å². The van der Waals surface area contributed by atoms with Gasteiger partial charge in [-0.1, -0.05) is 20.8 Å². The van der Waals surface area contributed by atoms with Gasteiger partial charge in [0.2, 0.25) is 10.0 Å². The summed E-state index contributed by atoms with van der Waals surface area (Å²) in [5, 5.41) is 7.62. The van der Waals surface area contributed by atoms with Crippen molar-refractivity contribution in [3.63, 3.8) is 0 Å². The molecule has 0 radical (unpaired) electrons. The van der Waals surface area contributed by atoms with E-state index in [4.69, 9.17) is 5.10 Å². The van der Waals surface area contributed by atoms with Gasteiger partial charge in [0.25, 0.3) is 5.91 Å². The van der Waals surface area contributed by atoms with Crippen molar-refractivity contribution in [2.75, 3.05) is 5.32 Å². The second-order valence-electron chi connectivity index (χ2n) is 9.62. The Morgan fingerprint density at radius 2 is 1.66 bits per heavy atom. The van der Waals surface area contributed by atoms with E-state index in [1.165, 1.54) is 24.3 Å². The van der Waals surface area contributed by atoms with Gasteiger partial charge in [0.15, 0.2) is 0 Å². The maximum absolute atomic E-state index is 12.8. The molecular weight excluding hydrogens is 388 g/mol. The first kappa shape index (κ1) is 21.5. The molecule has 0 aliphatic heterocycles. The standard InChI is InChI=1S/C21H30N4O3S/c1-20(2,3)17-13-18(25(23-17)21(4,5)6)22-19(26)14-7-11-16(12-8-14)29(27,28)24-15-9-10-15/h7-8,11-13,15,24H,9-10H2,1-6H3,(H,22,26). The van der Waals surface area contributed by atoms with E-state index in [-0.39, 0.29) is 27.8 Å². The lowest BCUT2D eigenvalue weighted by Crippen LogP contribution is -2.27. The fourth-order valence-electron chi connectivity index (χ4n) is 2.81. The molecule has 8 heteroatoms. The van der Waals surface area contributed by atoms with Gasteiger partial charge >= 0.3 is 0 Å². The topological polar surface area (TPSA) is 93.1 Å². The molecule has 0 saturated heterocycles. The van der Waals surface area contributed by atoms with Gasteiger partial charge in [-0.15, -0.1) is 0 Å². The minimum atomic E-state index is -3.53. The predicted octanol–water partition coefficient (Wildman–Crippen LogP) is 3.63. The van der Waals surface area contributed by atoms with Gasteiger partial charge in [-0.3, -0.25) is 4.79 Å². The second kappa shape index (κ2) is 7.25. The lowest BCUT2D eigenvalue weighted by atomic mass is 9.92. The van der Waals surface area contributed by atoms with Crippen LogP contribution in [0, 0.1) is 0 Å². The van der Waals surface area contributed by atoms with Crippen LogP contribution in [-0.2, 0) is 21.0 Å². The highest BCUT2D eigenvalue weighted by Gasteiger charge is 2.28. The second-order valence-corrected chi connectivity index (χ2v) is 11.3.